The molecule has 1 saturated heterocycles. The topological polar surface area (TPSA) is 169 Å². The minimum Gasteiger partial charge on any atom is -0.472 e. The molecule has 12 nitrogen and oxygen atoms in total. The summed E-state index contributed by atoms with van der Waals surface area (Å²) in [4.78, 5) is 61.3. The van der Waals surface area contributed by atoms with Crippen molar-refractivity contribution in [1.29, 1.82) is 0 Å². The molecule has 2 saturated carbocycles. The third-order valence-corrected chi connectivity index (χ3v) is 12.6. The normalized spacial score (nSPS) is 29.4. The number of sulfonamides is 1. The Labute approximate surface area is 293 Å². The number of hydrogen-bond acceptors (Lipinski definition) is 10. The highest BCUT2D eigenvalue weighted by molar-refractivity contribution is 7.90. The van der Waals surface area contributed by atoms with Crippen LogP contribution in [-0.2, 0) is 33.9 Å². The number of amides is 2. The lowest BCUT2D eigenvalue weighted by Crippen LogP contribution is -2.48. The largest absolute Gasteiger partial charge is 0.472 e. The standard InChI is InChI=1S/C37H47N3O9S/c1-5-24-19-37(24,35(45)39-50(46,47)26-11-12-26)20-31(42)29-17-25-21-40(29)34(44)28(36(2,3)4)18-32(43)48-15-7-6-8-30(41)23-10-9-22-13-14-38-33(49-25)27(22)16-23/h5,9-10,13-14,16,24-26,28-30,41H,1,6-8,11-12,15,17-21H2,2-4H3,(H,39,45)/t24-,25-,28-,29+,30+,37-/m1/s1. The smallest absolute Gasteiger partial charge is 0.306 e. The Kier molecular flexibility index (Phi) is 9.86. The summed E-state index contributed by atoms with van der Waals surface area (Å²) in [6, 6.07) is 6.40. The first-order chi connectivity index (χ1) is 23.6. The first-order valence-electron chi connectivity index (χ1n) is 17.5. The summed E-state index contributed by atoms with van der Waals surface area (Å²) in [6.45, 7) is 9.54. The molecule has 13 heteroatoms. The molecule has 6 atom stereocenters. The first kappa shape index (κ1) is 36.0. The molecular weight excluding hydrogens is 662 g/mol. The van der Waals surface area contributed by atoms with Crippen molar-refractivity contribution in [3.05, 3.63) is 48.7 Å². The number of carbonyl (C=O) groups is 4. The number of allylic oxidation sites excluding steroid dienone is 1. The van der Waals surface area contributed by atoms with Gasteiger partial charge in [0.1, 0.15) is 6.10 Å². The van der Waals surface area contributed by atoms with E-state index in [1.807, 2.05) is 45.0 Å². The van der Waals surface area contributed by atoms with Crippen molar-refractivity contribution in [2.24, 2.45) is 22.7 Å². The number of aromatic nitrogens is 1. The number of nitrogens with zero attached hydrogens (tertiary/aromatic N) is 2. The van der Waals surface area contributed by atoms with Crippen molar-refractivity contribution in [3.8, 4) is 5.88 Å². The zero-order chi connectivity index (χ0) is 36.0. The minimum atomic E-state index is -3.85. The van der Waals surface area contributed by atoms with E-state index in [9.17, 15) is 32.7 Å². The zero-order valence-corrected chi connectivity index (χ0v) is 29.7. The summed E-state index contributed by atoms with van der Waals surface area (Å²) in [5, 5.41) is 11.9. The number of ether oxygens (including phenoxy) is 2. The number of nitrogens with one attached hydrogen (secondary N) is 1. The summed E-state index contributed by atoms with van der Waals surface area (Å²) >= 11 is 0. The minimum absolute atomic E-state index is 0.0252. The SMILES string of the molecule is C=C[C@@H]1C[C@]1(CC(=O)[C@@H]1C[C@@H]2CN1C(=O)[C@H](C(C)(C)C)CC(=O)OCCCC[C@H](O)c1ccc3ccnc(c3c1)O2)C(=O)NS(=O)(=O)C1CC1. The number of pyridine rings is 1. The van der Waals surface area contributed by atoms with Gasteiger partial charge < -0.3 is 19.5 Å². The van der Waals surface area contributed by atoms with Crippen LogP contribution in [-0.4, -0.2) is 77.5 Å². The van der Waals surface area contributed by atoms with E-state index >= 15 is 0 Å². The maximum absolute atomic E-state index is 14.5. The van der Waals surface area contributed by atoms with E-state index in [0.717, 1.165) is 5.39 Å². The third-order valence-electron chi connectivity index (χ3n) is 10.7. The van der Waals surface area contributed by atoms with Crippen LogP contribution in [0.25, 0.3) is 10.8 Å². The van der Waals surface area contributed by atoms with Gasteiger partial charge in [0, 0.05) is 24.4 Å². The molecule has 50 heavy (non-hydrogen) atoms. The molecule has 3 heterocycles. The monoisotopic (exact) mass is 709 g/mol. The van der Waals surface area contributed by atoms with Gasteiger partial charge in [-0.1, -0.05) is 39.0 Å². The second-order valence-corrected chi connectivity index (χ2v) is 17.4. The highest BCUT2D eigenvalue weighted by atomic mass is 32.2. The molecule has 3 fully saturated rings. The van der Waals surface area contributed by atoms with Gasteiger partial charge in [-0.25, -0.2) is 13.4 Å². The Balaban J connectivity index is 1.33. The van der Waals surface area contributed by atoms with Gasteiger partial charge in [-0.3, -0.25) is 23.9 Å². The summed E-state index contributed by atoms with van der Waals surface area (Å²) in [5.41, 5.74) is -1.28. The highest BCUT2D eigenvalue weighted by Gasteiger charge is 2.61. The van der Waals surface area contributed by atoms with E-state index in [-0.39, 0.29) is 38.8 Å². The van der Waals surface area contributed by atoms with Crippen molar-refractivity contribution >= 4 is 44.4 Å². The Morgan fingerprint density at radius 2 is 1.92 bits per heavy atom. The van der Waals surface area contributed by atoms with Gasteiger partial charge >= 0.3 is 5.97 Å². The molecule has 2 amide bonds. The van der Waals surface area contributed by atoms with Gasteiger partial charge in [-0.2, -0.15) is 0 Å². The fraction of sp³-hybridized carbons (Fsp3) is 0.595. The molecule has 2 aromatic rings. The van der Waals surface area contributed by atoms with Gasteiger partial charge in [-0.15, -0.1) is 6.58 Å². The van der Waals surface area contributed by atoms with Crippen LogP contribution in [0.15, 0.2) is 43.1 Å². The molecule has 6 rings (SSSR count). The van der Waals surface area contributed by atoms with Crippen LogP contribution in [0, 0.1) is 22.7 Å². The van der Waals surface area contributed by atoms with Crippen LogP contribution < -0.4 is 9.46 Å². The lowest BCUT2D eigenvalue weighted by Gasteiger charge is -2.34. The first-order valence-corrected chi connectivity index (χ1v) is 19.1. The number of aliphatic hydroxyl groups excluding tert-OH is 1. The maximum Gasteiger partial charge on any atom is 0.306 e. The summed E-state index contributed by atoms with van der Waals surface area (Å²) in [5.74, 6) is -2.98. The zero-order valence-electron chi connectivity index (χ0n) is 28.9. The van der Waals surface area contributed by atoms with Crippen molar-refractivity contribution in [2.75, 3.05) is 13.2 Å². The summed E-state index contributed by atoms with van der Waals surface area (Å²) in [6.07, 6.45) is 4.22. The number of aliphatic hydroxyl groups is 1. The van der Waals surface area contributed by atoms with E-state index in [1.54, 1.807) is 12.3 Å². The van der Waals surface area contributed by atoms with E-state index in [2.05, 4.69) is 16.3 Å². The number of hydrogen-bond donors (Lipinski definition) is 2. The van der Waals surface area contributed by atoms with E-state index in [0.29, 0.717) is 48.9 Å². The third kappa shape index (κ3) is 7.44. The van der Waals surface area contributed by atoms with Gasteiger partial charge in [0.2, 0.25) is 27.7 Å². The molecule has 4 aliphatic rings. The van der Waals surface area contributed by atoms with Crippen molar-refractivity contribution in [3.63, 3.8) is 0 Å². The predicted octanol–water partition coefficient (Wildman–Crippen LogP) is 4.16. The number of benzene rings is 1. The van der Waals surface area contributed by atoms with Gasteiger partial charge in [-0.05, 0) is 72.9 Å². The van der Waals surface area contributed by atoms with Crippen LogP contribution in [0.4, 0.5) is 0 Å². The maximum atomic E-state index is 14.5. The molecule has 2 N–H and O–H groups in total. The Bertz CT molecular complexity index is 1800. The fourth-order valence-corrected chi connectivity index (χ4v) is 8.73. The van der Waals surface area contributed by atoms with E-state index < -0.39 is 79.8 Å². The van der Waals surface area contributed by atoms with Crippen LogP contribution >= 0.6 is 0 Å². The molecule has 1 aromatic carbocycles. The van der Waals surface area contributed by atoms with Gasteiger partial charge in [0.15, 0.2) is 5.78 Å². The molecule has 0 unspecified atom stereocenters. The predicted molar refractivity (Wildman–Crippen MR) is 184 cm³/mol. The summed E-state index contributed by atoms with van der Waals surface area (Å²) in [7, 11) is -3.85. The number of carbonyl (C=O) groups excluding carboxylic acids is 4. The molecule has 1 aromatic heterocycles. The molecular formula is C37H47N3O9S. The second-order valence-electron chi connectivity index (χ2n) is 15.5. The van der Waals surface area contributed by atoms with Crippen molar-refractivity contribution < 1.29 is 42.2 Å². The number of esters is 1. The number of ketones is 1. The average Bonchev–Trinajstić information content (AvgIpc) is 3.99. The fourth-order valence-electron chi connectivity index (χ4n) is 7.34. The summed E-state index contributed by atoms with van der Waals surface area (Å²) < 4.78 is 39.6. The molecule has 0 spiro atoms. The van der Waals surface area contributed by atoms with Crippen LogP contribution in [0.5, 0.6) is 5.88 Å². The van der Waals surface area contributed by atoms with Crippen molar-refractivity contribution in [2.45, 2.75) is 102 Å². The Morgan fingerprint density at radius 3 is 2.60 bits per heavy atom. The Morgan fingerprint density at radius 1 is 1.16 bits per heavy atom. The lowest BCUT2D eigenvalue weighted by atomic mass is 9.77. The number of rotatable bonds is 7. The molecule has 4 bridgehead atoms. The quantitative estimate of drug-likeness (QED) is 0.315. The molecule has 2 aliphatic heterocycles. The second kappa shape index (κ2) is 13.7. The van der Waals surface area contributed by atoms with Crippen LogP contribution in [0.2, 0.25) is 0 Å². The number of cyclic esters (lactones) is 1. The van der Waals surface area contributed by atoms with Crippen LogP contribution in [0.3, 0.4) is 0 Å². The van der Waals surface area contributed by atoms with E-state index in [1.165, 1.54) is 4.90 Å². The number of Topliss-reactive ketones (excluding diaryl/α,β-unsaturated/α-hetero) is 1. The van der Waals surface area contributed by atoms with Crippen molar-refractivity contribution in [1.82, 2.24) is 14.6 Å². The lowest BCUT2D eigenvalue weighted by molar-refractivity contribution is -0.153. The van der Waals surface area contributed by atoms with E-state index in [4.69, 9.17) is 9.47 Å². The Hall–Kier alpha value is -3.84. The molecule has 2 aliphatic carbocycles. The van der Waals surface area contributed by atoms with Gasteiger partial charge in [0.25, 0.3) is 0 Å². The molecule has 0 radical (unpaired) electrons. The van der Waals surface area contributed by atoms with Crippen LogP contribution in [0.1, 0.15) is 90.2 Å². The number of fused-ring (bicyclic) bond motifs is 3. The molecule has 270 valence electrons. The average molecular weight is 710 g/mol. The van der Waals surface area contributed by atoms with Gasteiger partial charge in [0.05, 0.1) is 48.3 Å². The highest BCUT2D eigenvalue weighted by Crippen LogP contribution is 2.57.